The molecule has 0 saturated carbocycles. The van der Waals surface area contributed by atoms with Crippen LogP contribution >= 0.6 is 0 Å². The van der Waals surface area contributed by atoms with Crippen molar-refractivity contribution in [1.82, 2.24) is 0 Å². The van der Waals surface area contributed by atoms with Gasteiger partial charge in [-0.1, -0.05) is 96.8 Å². The van der Waals surface area contributed by atoms with Gasteiger partial charge in [0.2, 0.25) is 0 Å². The maximum Gasteiger partial charge on any atom is 0.303 e. The summed E-state index contributed by atoms with van der Waals surface area (Å²) in [7, 11) is 0. The Labute approximate surface area is 142 Å². The molecule has 0 bridgehead atoms. The van der Waals surface area contributed by atoms with E-state index in [4.69, 9.17) is 5.11 Å². The van der Waals surface area contributed by atoms with Crippen LogP contribution in [0.1, 0.15) is 110 Å². The Balaban J connectivity index is 0. The minimum absolute atomic E-state index is 0. The largest absolute Gasteiger partial charge is 0.481 e. The molecule has 0 rings (SSSR count). The van der Waals surface area contributed by atoms with Gasteiger partial charge in [-0.3, -0.25) is 4.79 Å². The number of unbranched alkanes of at least 4 members (excludes halogenated alkanes) is 14. The summed E-state index contributed by atoms with van der Waals surface area (Å²) in [5, 5.41) is 8.52. The van der Waals surface area contributed by atoms with E-state index in [0.29, 0.717) is 6.42 Å². The van der Waals surface area contributed by atoms with Crippen LogP contribution in [-0.2, 0) is 4.79 Å². The third-order valence-corrected chi connectivity index (χ3v) is 3.99. The Hall–Kier alpha value is -0.0105. The molecule has 0 heterocycles. The van der Waals surface area contributed by atoms with E-state index in [9.17, 15) is 4.79 Å². The van der Waals surface area contributed by atoms with Crippen molar-refractivity contribution in [2.24, 2.45) is 0 Å². The van der Waals surface area contributed by atoms with Crippen LogP contribution in [-0.4, -0.2) is 28.1 Å². The molecule has 0 saturated heterocycles. The third kappa shape index (κ3) is 22.4. The first-order valence-corrected chi connectivity index (χ1v) is 8.99. The molecule has 0 aliphatic carbocycles. The average Bonchev–Trinajstić information content (AvgIpc) is 2.43. The smallest absolute Gasteiger partial charge is 0.303 e. The van der Waals surface area contributed by atoms with Gasteiger partial charge >= 0.3 is 5.97 Å². The Morgan fingerprint density at radius 3 is 1.19 bits per heavy atom. The first kappa shape index (κ1) is 23.3. The Morgan fingerprint density at radius 2 is 0.905 bits per heavy atom. The molecular weight excluding hydrogens is 327 g/mol. The molecule has 0 aliphatic rings. The van der Waals surface area contributed by atoms with Crippen LogP contribution in [0.3, 0.4) is 0 Å². The first-order chi connectivity index (χ1) is 9.77. The van der Waals surface area contributed by atoms with Crippen LogP contribution in [0, 0.1) is 0 Å². The van der Waals surface area contributed by atoms with Gasteiger partial charge in [-0.25, -0.2) is 0 Å². The van der Waals surface area contributed by atoms with Crippen molar-refractivity contribution >= 4 is 23.0 Å². The third-order valence-electron chi connectivity index (χ3n) is 3.99. The predicted molar refractivity (Wildman–Crippen MR) is 92.9 cm³/mol. The average molecular weight is 363 g/mol. The van der Waals surface area contributed by atoms with Gasteiger partial charge in [0.25, 0.3) is 0 Å². The van der Waals surface area contributed by atoms with Gasteiger partial charge in [-0.2, -0.15) is 0 Å². The quantitative estimate of drug-likeness (QED) is 0.272. The molecule has 2 nitrogen and oxygen atoms in total. The second-order valence-corrected chi connectivity index (χ2v) is 6.09. The molecule has 0 aromatic heterocycles. The summed E-state index contributed by atoms with van der Waals surface area (Å²) in [6.45, 7) is 2.27. The number of carbonyl (C=O) groups is 1. The van der Waals surface area contributed by atoms with Crippen molar-refractivity contribution in [2.75, 3.05) is 0 Å². The van der Waals surface area contributed by atoms with Gasteiger partial charge in [0.15, 0.2) is 0 Å². The normalized spacial score (nSPS) is 10.3. The van der Waals surface area contributed by atoms with Crippen LogP contribution in [0.25, 0.3) is 0 Å². The molecule has 0 fully saturated rings. The summed E-state index contributed by atoms with van der Waals surface area (Å²) >= 11 is 0. The Bertz CT molecular complexity index is 207. The fourth-order valence-electron chi connectivity index (χ4n) is 2.65. The number of carboxylic acid groups (broad SMARTS) is 1. The summed E-state index contributed by atoms with van der Waals surface area (Å²) in [6.07, 6.45) is 20.2. The second kappa shape index (κ2) is 20.0. The number of rotatable bonds is 16. The van der Waals surface area contributed by atoms with Gasteiger partial charge in [0.1, 0.15) is 0 Å². The summed E-state index contributed by atoms with van der Waals surface area (Å²) in [4.78, 5) is 10.3. The SMILES string of the molecule is CCCCCCCCCCCCCCCCCC(=O)O.[Se]. The molecule has 1 N–H and O–H groups in total. The van der Waals surface area contributed by atoms with E-state index in [1.165, 1.54) is 83.5 Å². The van der Waals surface area contributed by atoms with Crippen molar-refractivity contribution in [3.63, 3.8) is 0 Å². The summed E-state index contributed by atoms with van der Waals surface area (Å²) in [6, 6.07) is 0. The predicted octanol–water partition coefficient (Wildman–Crippen LogP) is 5.95. The van der Waals surface area contributed by atoms with Crippen LogP contribution < -0.4 is 0 Å². The van der Waals surface area contributed by atoms with Crippen molar-refractivity contribution in [3.05, 3.63) is 0 Å². The molecule has 2 radical (unpaired) electrons. The standard InChI is InChI=1S/C18H36O2.Se/c1-2-3-4-5-6-7-8-9-10-11-12-13-14-15-16-17-18(19)20;/h2-17H2,1H3,(H,19,20);. The topological polar surface area (TPSA) is 37.3 Å². The molecule has 0 atom stereocenters. The summed E-state index contributed by atoms with van der Waals surface area (Å²) < 4.78 is 0. The van der Waals surface area contributed by atoms with Gasteiger partial charge in [-0.05, 0) is 6.42 Å². The maximum absolute atomic E-state index is 10.3. The fourth-order valence-corrected chi connectivity index (χ4v) is 2.65. The van der Waals surface area contributed by atoms with Crippen LogP contribution in [0.5, 0.6) is 0 Å². The molecule has 21 heavy (non-hydrogen) atoms. The van der Waals surface area contributed by atoms with Crippen LogP contribution in [0.2, 0.25) is 0 Å². The van der Waals surface area contributed by atoms with Gasteiger partial charge < -0.3 is 5.11 Å². The van der Waals surface area contributed by atoms with Gasteiger partial charge in [-0.15, -0.1) is 0 Å². The fraction of sp³-hybridized carbons (Fsp3) is 0.944. The molecular formula is C18H36O2Se. The maximum atomic E-state index is 10.3. The monoisotopic (exact) mass is 364 g/mol. The Morgan fingerprint density at radius 1 is 0.619 bits per heavy atom. The number of carboxylic acids is 1. The van der Waals surface area contributed by atoms with Crippen molar-refractivity contribution in [2.45, 2.75) is 110 Å². The molecule has 0 unspecified atom stereocenters. The van der Waals surface area contributed by atoms with Gasteiger partial charge in [0.05, 0.1) is 0 Å². The Kier molecular flexibility index (Phi) is 22.1. The van der Waals surface area contributed by atoms with E-state index in [1.54, 1.807) is 0 Å². The number of aliphatic carboxylic acids is 1. The molecule has 0 aromatic carbocycles. The second-order valence-electron chi connectivity index (χ2n) is 6.09. The van der Waals surface area contributed by atoms with Crippen LogP contribution in [0.15, 0.2) is 0 Å². The summed E-state index contributed by atoms with van der Waals surface area (Å²) in [5.41, 5.74) is 0. The van der Waals surface area contributed by atoms with E-state index >= 15 is 0 Å². The number of hydrogen-bond donors (Lipinski definition) is 1. The molecule has 0 aliphatic heterocycles. The van der Waals surface area contributed by atoms with E-state index < -0.39 is 5.97 Å². The van der Waals surface area contributed by atoms with E-state index in [2.05, 4.69) is 6.92 Å². The van der Waals surface area contributed by atoms with Crippen molar-refractivity contribution in [1.29, 1.82) is 0 Å². The molecule has 0 aromatic rings. The minimum atomic E-state index is -0.653. The zero-order valence-electron chi connectivity index (χ0n) is 14.1. The van der Waals surface area contributed by atoms with Gasteiger partial charge in [0, 0.05) is 23.5 Å². The van der Waals surface area contributed by atoms with Crippen LogP contribution in [0.4, 0.5) is 0 Å². The summed E-state index contributed by atoms with van der Waals surface area (Å²) in [5.74, 6) is -0.653. The molecule has 126 valence electrons. The first-order valence-electron chi connectivity index (χ1n) is 8.99. The molecule has 3 heteroatoms. The van der Waals surface area contributed by atoms with E-state index in [1.807, 2.05) is 0 Å². The molecule has 0 amide bonds. The van der Waals surface area contributed by atoms with Crippen molar-refractivity contribution in [3.8, 4) is 0 Å². The van der Waals surface area contributed by atoms with E-state index in [0.717, 1.165) is 12.8 Å². The number of hydrogen-bond acceptors (Lipinski definition) is 1. The zero-order chi connectivity index (χ0) is 14.9. The minimum Gasteiger partial charge on any atom is -0.481 e. The van der Waals surface area contributed by atoms with E-state index in [-0.39, 0.29) is 17.1 Å². The van der Waals surface area contributed by atoms with Crippen molar-refractivity contribution < 1.29 is 9.90 Å². The zero-order valence-corrected chi connectivity index (χ0v) is 15.8. The molecule has 0 spiro atoms.